The van der Waals surface area contributed by atoms with Crippen molar-refractivity contribution in [2.75, 3.05) is 5.73 Å². The van der Waals surface area contributed by atoms with Crippen molar-refractivity contribution in [3.8, 4) is 16.9 Å². The second kappa shape index (κ2) is 5.44. The lowest BCUT2D eigenvalue weighted by Gasteiger charge is -2.00. The Balaban J connectivity index is 1.99. The van der Waals surface area contributed by atoms with E-state index in [9.17, 15) is 0 Å². The van der Waals surface area contributed by atoms with E-state index in [4.69, 9.17) is 5.73 Å². The van der Waals surface area contributed by atoms with Gasteiger partial charge in [0.15, 0.2) is 0 Å². The van der Waals surface area contributed by atoms with Gasteiger partial charge in [-0.05, 0) is 18.6 Å². The first-order valence-corrected chi connectivity index (χ1v) is 7.12. The Kier molecular flexibility index (Phi) is 3.48. The highest BCUT2D eigenvalue weighted by Crippen LogP contribution is 2.26. The third-order valence-corrected chi connectivity index (χ3v) is 3.58. The molecule has 21 heavy (non-hydrogen) atoms. The van der Waals surface area contributed by atoms with Crippen molar-refractivity contribution in [1.82, 2.24) is 19.3 Å². The molecular formula is C16H19N5. The van der Waals surface area contributed by atoms with E-state index in [0.717, 1.165) is 35.6 Å². The van der Waals surface area contributed by atoms with Gasteiger partial charge in [0.2, 0.25) is 0 Å². The van der Waals surface area contributed by atoms with Crippen LogP contribution >= 0.6 is 0 Å². The zero-order valence-electron chi connectivity index (χ0n) is 12.3. The molecule has 5 heteroatoms. The van der Waals surface area contributed by atoms with Crippen molar-refractivity contribution >= 4 is 5.82 Å². The van der Waals surface area contributed by atoms with E-state index in [-0.39, 0.29) is 0 Å². The molecule has 0 radical (unpaired) electrons. The largest absolute Gasteiger partial charge is 0.383 e. The molecule has 0 amide bonds. The third kappa shape index (κ3) is 2.42. The third-order valence-electron chi connectivity index (χ3n) is 3.58. The van der Waals surface area contributed by atoms with E-state index in [1.807, 2.05) is 52.8 Å². The highest BCUT2D eigenvalue weighted by Gasteiger charge is 2.15. The maximum absolute atomic E-state index is 6.18. The summed E-state index contributed by atoms with van der Waals surface area (Å²) in [6, 6.07) is 10.0. The minimum atomic E-state index is 0.686. The summed E-state index contributed by atoms with van der Waals surface area (Å²) in [5.41, 5.74) is 8.95. The van der Waals surface area contributed by atoms with Gasteiger partial charge in [-0.1, -0.05) is 25.1 Å². The van der Waals surface area contributed by atoms with Crippen LogP contribution in [0.1, 0.15) is 19.2 Å². The van der Waals surface area contributed by atoms with Gasteiger partial charge in [-0.15, -0.1) is 0 Å². The second-order valence-electron chi connectivity index (χ2n) is 5.08. The molecule has 0 aliphatic rings. The van der Waals surface area contributed by atoms with Crippen LogP contribution < -0.4 is 5.73 Å². The summed E-state index contributed by atoms with van der Waals surface area (Å²) in [5.74, 6) is 1.70. The predicted molar refractivity (Wildman–Crippen MR) is 84.2 cm³/mol. The van der Waals surface area contributed by atoms with Crippen molar-refractivity contribution in [2.45, 2.75) is 19.8 Å². The first-order valence-electron chi connectivity index (χ1n) is 7.12. The van der Waals surface area contributed by atoms with Crippen molar-refractivity contribution in [3.05, 3.63) is 48.5 Å². The quantitative estimate of drug-likeness (QED) is 0.800. The molecule has 0 aliphatic carbocycles. The molecule has 2 N–H and O–H groups in total. The Hall–Kier alpha value is -2.56. The van der Waals surface area contributed by atoms with Crippen LogP contribution in [0.3, 0.4) is 0 Å². The Bertz CT molecular complexity index is 739. The van der Waals surface area contributed by atoms with Gasteiger partial charge in [0.05, 0.1) is 11.9 Å². The van der Waals surface area contributed by atoms with Crippen LogP contribution in [0.15, 0.2) is 42.7 Å². The molecule has 0 bridgehead atoms. The number of nitrogens with zero attached hydrogens (tertiary/aromatic N) is 4. The van der Waals surface area contributed by atoms with Gasteiger partial charge < -0.3 is 10.3 Å². The topological polar surface area (TPSA) is 61.7 Å². The van der Waals surface area contributed by atoms with E-state index < -0.39 is 0 Å². The van der Waals surface area contributed by atoms with E-state index in [1.54, 1.807) is 6.20 Å². The van der Waals surface area contributed by atoms with E-state index in [2.05, 4.69) is 17.0 Å². The highest BCUT2D eigenvalue weighted by atomic mass is 15.3. The number of benzene rings is 1. The summed E-state index contributed by atoms with van der Waals surface area (Å²) in [6.07, 6.45) is 5.74. The smallest absolute Gasteiger partial charge is 0.131 e. The molecule has 3 rings (SSSR count). The monoisotopic (exact) mass is 281 g/mol. The number of anilines is 1. The van der Waals surface area contributed by atoms with Crippen molar-refractivity contribution in [1.29, 1.82) is 0 Å². The lowest BCUT2D eigenvalue weighted by Crippen LogP contribution is -2.01. The summed E-state index contributed by atoms with van der Waals surface area (Å²) in [7, 11) is 1.96. The molecule has 0 spiro atoms. The average Bonchev–Trinajstić information content (AvgIpc) is 3.09. The Labute approximate surface area is 124 Å². The van der Waals surface area contributed by atoms with Crippen LogP contribution in [-0.4, -0.2) is 19.3 Å². The molecule has 0 saturated carbocycles. The maximum Gasteiger partial charge on any atom is 0.131 e. The Morgan fingerprint density at radius 1 is 1.19 bits per heavy atom. The number of aromatic nitrogens is 4. The Morgan fingerprint density at radius 3 is 2.67 bits per heavy atom. The van der Waals surface area contributed by atoms with E-state index >= 15 is 0 Å². The fourth-order valence-electron chi connectivity index (χ4n) is 2.39. The molecule has 2 heterocycles. The van der Waals surface area contributed by atoms with Gasteiger partial charge >= 0.3 is 0 Å². The van der Waals surface area contributed by atoms with Crippen molar-refractivity contribution in [2.24, 2.45) is 7.05 Å². The van der Waals surface area contributed by atoms with Gasteiger partial charge in [-0.2, -0.15) is 5.10 Å². The molecule has 3 aromatic rings. The summed E-state index contributed by atoms with van der Waals surface area (Å²) >= 11 is 0. The molecule has 5 nitrogen and oxygen atoms in total. The molecule has 2 aromatic heterocycles. The molecule has 0 saturated heterocycles. The molecule has 0 fully saturated rings. The van der Waals surface area contributed by atoms with Gasteiger partial charge in [0.25, 0.3) is 0 Å². The first kappa shape index (κ1) is 13.4. The number of hydrogen-bond acceptors (Lipinski definition) is 3. The van der Waals surface area contributed by atoms with Crippen molar-refractivity contribution < 1.29 is 0 Å². The number of aryl methyl sites for hydroxylation is 1. The van der Waals surface area contributed by atoms with Crippen LogP contribution in [0.5, 0.6) is 0 Å². The minimum Gasteiger partial charge on any atom is -0.383 e. The normalized spacial score (nSPS) is 11.0. The van der Waals surface area contributed by atoms with Crippen LogP contribution in [0.25, 0.3) is 16.9 Å². The minimum absolute atomic E-state index is 0.686. The molecule has 108 valence electrons. The lowest BCUT2D eigenvalue weighted by molar-refractivity contribution is 0.764. The van der Waals surface area contributed by atoms with Gasteiger partial charge in [0, 0.05) is 25.2 Å². The Morgan fingerprint density at radius 2 is 1.95 bits per heavy atom. The number of nitrogen functional groups attached to an aromatic ring is 1. The number of para-hydroxylation sites is 1. The summed E-state index contributed by atoms with van der Waals surface area (Å²) in [6.45, 7) is 2.14. The van der Waals surface area contributed by atoms with Crippen LogP contribution in [-0.2, 0) is 13.5 Å². The van der Waals surface area contributed by atoms with Gasteiger partial charge in [0.1, 0.15) is 17.3 Å². The second-order valence-corrected chi connectivity index (χ2v) is 5.08. The average molecular weight is 281 g/mol. The van der Waals surface area contributed by atoms with E-state index in [0.29, 0.717) is 5.82 Å². The van der Waals surface area contributed by atoms with Crippen LogP contribution in [0.4, 0.5) is 5.82 Å². The fourth-order valence-corrected chi connectivity index (χ4v) is 2.39. The molecule has 0 atom stereocenters. The molecule has 0 unspecified atom stereocenters. The zero-order chi connectivity index (χ0) is 14.8. The molecule has 1 aromatic carbocycles. The molecular weight excluding hydrogens is 262 g/mol. The number of hydrogen-bond donors (Lipinski definition) is 1. The zero-order valence-corrected chi connectivity index (χ0v) is 12.3. The SMILES string of the molecule is CCCc1nc(-c2cnn(-c3ccccc3)c2)c(N)n1C. The molecule has 0 aliphatic heterocycles. The standard InChI is InChI=1S/C16H19N5/c1-3-7-14-19-15(16(17)20(14)2)12-10-18-21(11-12)13-8-5-4-6-9-13/h4-6,8-11H,3,7,17H2,1-2H3. The number of nitrogens with two attached hydrogens (primary N) is 1. The number of imidazole rings is 1. The summed E-state index contributed by atoms with van der Waals surface area (Å²) in [4.78, 5) is 4.66. The maximum atomic E-state index is 6.18. The lowest BCUT2D eigenvalue weighted by atomic mass is 10.2. The van der Waals surface area contributed by atoms with Crippen molar-refractivity contribution in [3.63, 3.8) is 0 Å². The number of rotatable bonds is 4. The highest BCUT2D eigenvalue weighted by molar-refractivity contribution is 5.70. The predicted octanol–water partition coefficient (Wildman–Crippen LogP) is 2.81. The summed E-state index contributed by atoms with van der Waals surface area (Å²) < 4.78 is 3.79. The van der Waals surface area contributed by atoms with Gasteiger partial charge in [-0.25, -0.2) is 9.67 Å². The van der Waals surface area contributed by atoms with Crippen LogP contribution in [0.2, 0.25) is 0 Å². The van der Waals surface area contributed by atoms with Gasteiger partial charge in [-0.3, -0.25) is 0 Å². The van der Waals surface area contributed by atoms with E-state index in [1.165, 1.54) is 0 Å². The first-order chi connectivity index (χ1) is 10.2. The summed E-state index contributed by atoms with van der Waals surface area (Å²) in [5, 5.41) is 4.40. The fraction of sp³-hybridized carbons (Fsp3) is 0.250. The van der Waals surface area contributed by atoms with Crippen LogP contribution in [0, 0.1) is 0 Å².